The van der Waals surface area contributed by atoms with Gasteiger partial charge in [0.2, 0.25) is 0 Å². The molecule has 0 aliphatic heterocycles. The van der Waals surface area contributed by atoms with Gasteiger partial charge in [-0.15, -0.1) is 0 Å². The second kappa shape index (κ2) is 11.1. The Morgan fingerprint density at radius 2 is 1.76 bits per heavy atom. The summed E-state index contributed by atoms with van der Waals surface area (Å²) in [5.74, 6) is -0.0634. The van der Waals surface area contributed by atoms with Gasteiger partial charge in [-0.2, -0.15) is 18.3 Å². The molecule has 172 valence electrons. The predicted octanol–water partition coefficient (Wildman–Crippen LogP) is 6.15. The van der Waals surface area contributed by atoms with Gasteiger partial charge < -0.3 is 10.1 Å². The number of hydrazone groups is 1. The predicted molar refractivity (Wildman–Crippen MR) is 123 cm³/mol. The zero-order valence-corrected chi connectivity index (χ0v) is 18.5. The van der Waals surface area contributed by atoms with E-state index in [0.29, 0.717) is 21.4 Å². The van der Waals surface area contributed by atoms with E-state index in [1.165, 1.54) is 18.3 Å². The molecular weight excluding hydrogens is 478 g/mol. The molecule has 3 aromatic carbocycles. The number of nitrogens with zero attached hydrogens (tertiary/aromatic N) is 1. The average molecular weight is 496 g/mol. The molecule has 0 saturated carbocycles. The van der Waals surface area contributed by atoms with E-state index in [2.05, 4.69) is 15.8 Å². The summed E-state index contributed by atoms with van der Waals surface area (Å²) in [7, 11) is 0. The van der Waals surface area contributed by atoms with Crippen molar-refractivity contribution in [1.29, 1.82) is 0 Å². The Labute approximate surface area is 198 Å². The molecule has 33 heavy (non-hydrogen) atoms. The number of benzene rings is 3. The number of carbonyl (C=O) groups excluding carboxylic acids is 1. The van der Waals surface area contributed by atoms with Crippen molar-refractivity contribution in [1.82, 2.24) is 5.43 Å². The summed E-state index contributed by atoms with van der Waals surface area (Å²) in [4.78, 5) is 12.0. The van der Waals surface area contributed by atoms with Crippen molar-refractivity contribution in [2.24, 2.45) is 5.10 Å². The van der Waals surface area contributed by atoms with Crippen molar-refractivity contribution in [2.45, 2.75) is 12.8 Å². The number of alkyl halides is 3. The lowest BCUT2D eigenvalue weighted by Gasteiger charge is -2.10. The van der Waals surface area contributed by atoms with Gasteiger partial charge >= 0.3 is 6.18 Å². The SMILES string of the molecule is O=C(CNc1cccc(C(F)(F)F)c1)N/N=C\c1cc(Cl)ccc1OCc1cccc(Cl)c1. The van der Waals surface area contributed by atoms with E-state index in [9.17, 15) is 18.0 Å². The highest BCUT2D eigenvalue weighted by Crippen LogP contribution is 2.30. The molecule has 0 unspecified atom stereocenters. The molecule has 0 aliphatic rings. The van der Waals surface area contributed by atoms with Crippen LogP contribution in [0.5, 0.6) is 5.75 Å². The van der Waals surface area contributed by atoms with Crippen molar-refractivity contribution >= 4 is 41.0 Å². The summed E-state index contributed by atoms with van der Waals surface area (Å²) in [6.07, 6.45) is -3.10. The standard InChI is InChI=1S/C23H18Cl2F3N3O2/c24-18-5-1-3-15(9-18)14-33-21-8-7-19(25)10-16(21)12-30-31-22(32)13-29-20-6-2-4-17(11-20)23(26,27)28/h1-12,29H,13-14H2,(H,31,32)/b30-12-. The monoisotopic (exact) mass is 495 g/mol. The second-order valence-electron chi connectivity index (χ2n) is 6.83. The first-order valence-electron chi connectivity index (χ1n) is 9.60. The molecule has 0 saturated heterocycles. The van der Waals surface area contributed by atoms with Crippen molar-refractivity contribution in [3.8, 4) is 5.75 Å². The largest absolute Gasteiger partial charge is 0.488 e. The smallest absolute Gasteiger partial charge is 0.416 e. The first kappa shape index (κ1) is 24.4. The fourth-order valence-corrected chi connectivity index (χ4v) is 3.13. The molecule has 0 heterocycles. The summed E-state index contributed by atoms with van der Waals surface area (Å²) in [5.41, 5.74) is 3.05. The third kappa shape index (κ3) is 7.69. The van der Waals surface area contributed by atoms with Crippen molar-refractivity contribution in [2.75, 3.05) is 11.9 Å². The quantitative estimate of drug-likeness (QED) is 0.290. The number of hydrogen-bond acceptors (Lipinski definition) is 4. The van der Waals surface area contributed by atoms with Gasteiger partial charge in [-0.25, -0.2) is 5.43 Å². The summed E-state index contributed by atoms with van der Waals surface area (Å²) < 4.78 is 44.1. The molecular formula is C23H18Cl2F3N3O2. The van der Waals surface area contributed by atoms with E-state index in [4.69, 9.17) is 27.9 Å². The van der Waals surface area contributed by atoms with Gasteiger partial charge in [-0.1, -0.05) is 41.4 Å². The van der Waals surface area contributed by atoms with Crippen LogP contribution in [0.15, 0.2) is 71.8 Å². The third-order valence-electron chi connectivity index (χ3n) is 4.29. The third-order valence-corrected chi connectivity index (χ3v) is 4.76. The lowest BCUT2D eigenvalue weighted by Crippen LogP contribution is -2.26. The Bertz CT molecular complexity index is 1150. The van der Waals surface area contributed by atoms with Crippen LogP contribution < -0.4 is 15.5 Å². The molecule has 10 heteroatoms. The lowest BCUT2D eigenvalue weighted by atomic mass is 10.2. The molecule has 0 aliphatic carbocycles. The summed E-state index contributed by atoms with van der Waals surface area (Å²) in [5, 5.41) is 7.55. The first-order chi connectivity index (χ1) is 15.7. The Morgan fingerprint density at radius 1 is 1.00 bits per heavy atom. The summed E-state index contributed by atoms with van der Waals surface area (Å²) >= 11 is 12.0. The lowest BCUT2D eigenvalue weighted by molar-refractivity contribution is -0.137. The van der Waals surface area contributed by atoms with Crippen LogP contribution in [-0.4, -0.2) is 18.7 Å². The number of ether oxygens (including phenoxy) is 1. The number of nitrogens with one attached hydrogen (secondary N) is 2. The average Bonchev–Trinajstić information content (AvgIpc) is 2.77. The normalized spacial score (nSPS) is 11.4. The van der Waals surface area contributed by atoms with Crippen LogP contribution in [0.4, 0.5) is 18.9 Å². The van der Waals surface area contributed by atoms with Crippen LogP contribution in [0.25, 0.3) is 0 Å². The Balaban J connectivity index is 1.57. The van der Waals surface area contributed by atoms with Crippen LogP contribution in [0.2, 0.25) is 10.0 Å². The zero-order valence-electron chi connectivity index (χ0n) is 17.0. The van der Waals surface area contributed by atoms with Crippen LogP contribution in [0.1, 0.15) is 16.7 Å². The highest BCUT2D eigenvalue weighted by Gasteiger charge is 2.30. The van der Waals surface area contributed by atoms with Crippen molar-refractivity contribution in [3.05, 3.63) is 93.5 Å². The molecule has 2 N–H and O–H groups in total. The fraction of sp³-hybridized carbons (Fsp3) is 0.130. The van der Waals surface area contributed by atoms with E-state index in [1.54, 1.807) is 30.3 Å². The number of anilines is 1. The maximum Gasteiger partial charge on any atom is 0.416 e. The number of amides is 1. The van der Waals surface area contributed by atoms with Crippen LogP contribution >= 0.6 is 23.2 Å². The topological polar surface area (TPSA) is 62.7 Å². The molecule has 0 bridgehead atoms. The number of carbonyl (C=O) groups is 1. The van der Waals surface area contributed by atoms with Gasteiger partial charge in [0.15, 0.2) is 0 Å². The molecule has 0 aromatic heterocycles. The fourth-order valence-electron chi connectivity index (χ4n) is 2.74. The van der Waals surface area contributed by atoms with Gasteiger partial charge in [0.25, 0.3) is 5.91 Å². The highest BCUT2D eigenvalue weighted by molar-refractivity contribution is 6.31. The van der Waals surface area contributed by atoms with Crippen molar-refractivity contribution in [3.63, 3.8) is 0 Å². The molecule has 3 rings (SSSR count). The number of rotatable bonds is 8. The Hall–Kier alpha value is -3.23. The highest BCUT2D eigenvalue weighted by atomic mass is 35.5. The van der Waals surface area contributed by atoms with Gasteiger partial charge in [0.1, 0.15) is 12.4 Å². The van der Waals surface area contributed by atoms with Crippen LogP contribution in [-0.2, 0) is 17.6 Å². The second-order valence-corrected chi connectivity index (χ2v) is 7.70. The molecule has 0 atom stereocenters. The van der Waals surface area contributed by atoms with E-state index in [1.807, 2.05) is 12.1 Å². The first-order valence-corrected chi connectivity index (χ1v) is 10.4. The van der Waals surface area contributed by atoms with E-state index in [0.717, 1.165) is 17.7 Å². The zero-order chi connectivity index (χ0) is 23.8. The van der Waals surface area contributed by atoms with E-state index >= 15 is 0 Å². The number of hydrogen-bond donors (Lipinski definition) is 2. The summed E-state index contributed by atoms with van der Waals surface area (Å²) in [6, 6.07) is 16.7. The Kier molecular flexibility index (Phi) is 8.19. The van der Waals surface area contributed by atoms with Gasteiger partial charge in [-0.05, 0) is 54.1 Å². The van der Waals surface area contributed by atoms with Gasteiger partial charge in [-0.3, -0.25) is 4.79 Å². The minimum absolute atomic E-state index is 0.162. The van der Waals surface area contributed by atoms with Crippen LogP contribution in [0.3, 0.4) is 0 Å². The molecule has 0 fully saturated rings. The molecule has 0 radical (unpaired) electrons. The minimum Gasteiger partial charge on any atom is -0.488 e. The van der Waals surface area contributed by atoms with Gasteiger partial charge in [0, 0.05) is 21.3 Å². The maximum atomic E-state index is 12.8. The van der Waals surface area contributed by atoms with E-state index in [-0.39, 0.29) is 18.8 Å². The molecule has 3 aromatic rings. The van der Waals surface area contributed by atoms with E-state index < -0.39 is 17.6 Å². The van der Waals surface area contributed by atoms with Crippen LogP contribution in [0, 0.1) is 0 Å². The number of halogens is 5. The minimum atomic E-state index is -4.46. The molecule has 0 spiro atoms. The van der Waals surface area contributed by atoms with Crippen molar-refractivity contribution < 1.29 is 22.7 Å². The van der Waals surface area contributed by atoms with Gasteiger partial charge in [0.05, 0.1) is 18.3 Å². The molecule has 5 nitrogen and oxygen atoms in total. The summed E-state index contributed by atoms with van der Waals surface area (Å²) in [6.45, 7) is -0.0113. The Morgan fingerprint density at radius 3 is 2.52 bits per heavy atom. The molecule has 1 amide bonds. The maximum absolute atomic E-state index is 12.8.